The van der Waals surface area contributed by atoms with Crippen LogP contribution >= 0.6 is 0 Å². The second kappa shape index (κ2) is 5.62. The summed E-state index contributed by atoms with van der Waals surface area (Å²) in [6.45, 7) is 2.50. The van der Waals surface area contributed by atoms with Gasteiger partial charge in [0.2, 0.25) is 0 Å². The topological polar surface area (TPSA) is 48.0 Å². The minimum absolute atomic E-state index is 0.0456. The fourth-order valence-corrected chi connectivity index (χ4v) is 1.62. The molecule has 0 N–H and O–H groups in total. The predicted octanol–water partition coefficient (Wildman–Crippen LogP) is 1.54. The van der Waals surface area contributed by atoms with E-state index in [0.717, 1.165) is 0 Å². The number of allylic oxidation sites excluding steroid dienone is 1. The number of carbonyl (C=O) groups excluding carboxylic acids is 1. The molecule has 2 heterocycles. The van der Waals surface area contributed by atoms with Crippen molar-refractivity contribution in [2.45, 2.75) is 19.4 Å². The van der Waals surface area contributed by atoms with Gasteiger partial charge in [0.05, 0.1) is 5.57 Å². The quantitative estimate of drug-likeness (QED) is 0.712. The monoisotopic (exact) mass is 251 g/mol. The van der Waals surface area contributed by atoms with Gasteiger partial charge in [-0.1, -0.05) is 6.08 Å². The van der Waals surface area contributed by atoms with Gasteiger partial charge in [-0.25, -0.2) is 4.79 Å². The first-order chi connectivity index (χ1) is 8.65. The zero-order valence-corrected chi connectivity index (χ0v) is 10.6. The third kappa shape index (κ3) is 3.29. The van der Waals surface area contributed by atoms with Crippen LogP contribution in [0.15, 0.2) is 36.1 Å². The van der Waals surface area contributed by atoms with Crippen LogP contribution in [0.2, 0.25) is 0 Å². The SMILES string of the molecule is CC1COC(COC(=O)C2=CN(C)C=CC2)=CO1. The fraction of sp³-hybridized carbons (Fsp3) is 0.462. The summed E-state index contributed by atoms with van der Waals surface area (Å²) in [5.41, 5.74) is 0.630. The van der Waals surface area contributed by atoms with Crippen LogP contribution < -0.4 is 0 Å². The van der Waals surface area contributed by atoms with Gasteiger partial charge < -0.3 is 19.1 Å². The van der Waals surface area contributed by atoms with Gasteiger partial charge in [0.15, 0.2) is 12.4 Å². The zero-order valence-electron chi connectivity index (χ0n) is 10.6. The van der Waals surface area contributed by atoms with Crippen molar-refractivity contribution in [1.29, 1.82) is 0 Å². The Morgan fingerprint density at radius 3 is 3.11 bits per heavy atom. The number of rotatable bonds is 3. The molecule has 0 radical (unpaired) electrons. The summed E-state index contributed by atoms with van der Waals surface area (Å²) in [7, 11) is 1.87. The van der Waals surface area contributed by atoms with E-state index in [4.69, 9.17) is 14.2 Å². The second-order valence-electron chi connectivity index (χ2n) is 4.33. The van der Waals surface area contributed by atoms with Crippen LogP contribution in [0.5, 0.6) is 0 Å². The highest BCUT2D eigenvalue weighted by atomic mass is 16.6. The maximum absolute atomic E-state index is 11.8. The maximum Gasteiger partial charge on any atom is 0.336 e. The second-order valence-corrected chi connectivity index (χ2v) is 4.33. The van der Waals surface area contributed by atoms with Crippen molar-refractivity contribution in [2.24, 2.45) is 0 Å². The molecule has 2 aliphatic rings. The first kappa shape index (κ1) is 12.5. The third-order valence-electron chi connectivity index (χ3n) is 2.58. The average Bonchev–Trinajstić information content (AvgIpc) is 2.38. The molecule has 0 amide bonds. The highest BCUT2D eigenvalue weighted by Crippen LogP contribution is 2.14. The van der Waals surface area contributed by atoms with E-state index in [0.29, 0.717) is 24.4 Å². The molecule has 0 aliphatic carbocycles. The van der Waals surface area contributed by atoms with Crippen molar-refractivity contribution in [3.05, 3.63) is 36.1 Å². The van der Waals surface area contributed by atoms with E-state index in [1.807, 2.05) is 31.1 Å². The summed E-state index contributed by atoms with van der Waals surface area (Å²) >= 11 is 0. The number of esters is 1. The van der Waals surface area contributed by atoms with E-state index in [9.17, 15) is 4.79 Å². The summed E-state index contributed by atoms with van der Waals surface area (Å²) in [5.74, 6) is 0.219. The van der Waals surface area contributed by atoms with Gasteiger partial charge in [-0.2, -0.15) is 0 Å². The number of hydrogen-bond acceptors (Lipinski definition) is 5. The van der Waals surface area contributed by atoms with Crippen LogP contribution in [0.3, 0.4) is 0 Å². The molecule has 0 aromatic heterocycles. The first-order valence-corrected chi connectivity index (χ1v) is 5.89. The van der Waals surface area contributed by atoms with Crippen molar-refractivity contribution in [3.63, 3.8) is 0 Å². The normalized spacial score (nSPS) is 22.6. The van der Waals surface area contributed by atoms with E-state index in [-0.39, 0.29) is 18.7 Å². The molecule has 0 aromatic rings. The van der Waals surface area contributed by atoms with Crippen molar-refractivity contribution in [3.8, 4) is 0 Å². The molecule has 0 fully saturated rings. The molecule has 1 unspecified atom stereocenters. The van der Waals surface area contributed by atoms with Crippen molar-refractivity contribution >= 4 is 5.97 Å². The molecule has 5 nitrogen and oxygen atoms in total. The van der Waals surface area contributed by atoms with Gasteiger partial charge in [-0.05, 0) is 13.1 Å². The lowest BCUT2D eigenvalue weighted by molar-refractivity contribution is -0.139. The number of ether oxygens (including phenoxy) is 3. The molecule has 5 heteroatoms. The van der Waals surface area contributed by atoms with Gasteiger partial charge >= 0.3 is 5.97 Å². The van der Waals surface area contributed by atoms with E-state index in [1.54, 1.807) is 6.20 Å². The molecular formula is C13H17NO4. The first-order valence-electron chi connectivity index (χ1n) is 5.89. The third-order valence-corrected chi connectivity index (χ3v) is 2.58. The number of carbonyl (C=O) groups is 1. The van der Waals surface area contributed by atoms with Crippen LogP contribution in [0.4, 0.5) is 0 Å². The highest BCUT2D eigenvalue weighted by Gasteiger charge is 2.16. The minimum atomic E-state index is -0.325. The van der Waals surface area contributed by atoms with Crippen LogP contribution in [0, 0.1) is 0 Å². The predicted molar refractivity (Wildman–Crippen MR) is 65.1 cm³/mol. The molecule has 0 saturated heterocycles. The fourth-order valence-electron chi connectivity index (χ4n) is 1.62. The molecule has 2 rings (SSSR count). The van der Waals surface area contributed by atoms with E-state index >= 15 is 0 Å². The Morgan fingerprint density at radius 2 is 2.44 bits per heavy atom. The molecule has 2 aliphatic heterocycles. The Balaban J connectivity index is 1.82. The molecule has 18 heavy (non-hydrogen) atoms. The zero-order chi connectivity index (χ0) is 13.0. The number of hydrogen-bond donors (Lipinski definition) is 0. The molecule has 1 atom stereocenters. The Hall–Kier alpha value is -1.91. The van der Waals surface area contributed by atoms with E-state index in [1.165, 1.54) is 6.26 Å². The molecule has 0 saturated carbocycles. The Labute approximate surface area is 106 Å². The van der Waals surface area contributed by atoms with E-state index in [2.05, 4.69) is 0 Å². The molecule has 0 spiro atoms. The van der Waals surface area contributed by atoms with Gasteiger partial charge in [0.25, 0.3) is 0 Å². The summed E-state index contributed by atoms with van der Waals surface area (Å²) in [5, 5.41) is 0. The van der Waals surface area contributed by atoms with Crippen LogP contribution in [0.25, 0.3) is 0 Å². The maximum atomic E-state index is 11.8. The highest BCUT2D eigenvalue weighted by molar-refractivity contribution is 5.88. The van der Waals surface area contributed by atoms with Gasteiger partial charge in [-0.3, -0.25) is 0 Å². The smallest absolute Gasteiger partial charge is 0.336 e. The lowest BCUT2D eigenvalue weighted by Crippen LogP contribution is -2.22. The van der Waals surface area contributed by atoms with Crippen molar-refractivity contribution < 1.29 is 19.0 Å². The van der Waals surface area contributed by atoms with Crippen LogP contribution in [-0.4, -0.2) is 37.2 Å². The Morgan fingerprint density at radius 1 is 1.61 bits per heavy atom. The van der Waals surface area contributed by atoms with Gasteiger partial charge in [0, 0.05) is 19.7 Å². The largest absolute Gasteiger partial charge is 0.491 e. The summed E-state index contributed by atoms with van der Waals surface area (Å²) in [4.78, 5) is 13.6. The minimum Gasteiger partial charge on any atom is -0.491 e. The molecule has 0 bridgehead atoms. The average molecular weight is 251 g/mol. The molecule has 98 valence electrons. The standard InChI is InChI=1S/C13H17NO4/c1-10-7-17-12(8-16-10)9-18-13(15)11-4-3-5-14(2)6-11/h3,5-6,8,10H,4,7,9H2,1-2H3. The Bertz CT molecular complexity index is 411. The Kier molecular flexibility index (Phi) is 3.92. The van der Waals surface area contributed by atoms with Crippen LogP contribution in [0.1, 0.15) is 13.3 Å². The molecular weight excluding hydrogens is 234 g/mol. The van der Waals surface area contributed by atoms with Gasteiger partial charge in [0.1, 0.15) is 19.0 Å². The van der Waals surface area contributed by atoms with Crippen molar-refractivity contribution in [2.75, 3.05) is 20.3 Å². The summed E-state index contributed by atoms with van der Waals surface area (Å²) < 4.78 is 15.8. The summed E-state index contributed by atoms with van der Waals surface area (Å²) in [6.07, 6.45) is 7.72. The number of nitrogens with zero attached hydrogens (tertiary/aromatic N) is 1. The van der Waals surface area contributed by atoms with Crippen molar-refractivity contribution in [1.82, 2.24) is 4.90 Å². The lowest BCUT2D eigenvalue weighted by atomic mass is 10.1. The van der Waals surface area contributed by atoms with Crippen LogP contribution in [-0.2, 0) is 19.0 Å². The summed E-state index contributed by atoms with van der Waals surface area (Å²) in [6, 6.07) is 0. The van der Waals surface area contributed by atoms with Gasteiger partial charge in [-0.15, -0.1) is 0 Å². The lowest BCUT2D eigenvalue weighted by Gasteiger charge is -2.21. The molecule has 0 aromatic carbocycles. The van der Waals surface area contributed by atoms with E-state index < -0.39 is 0 Å².